The lowest BCUT2D eigenvalue weighted by atomic mass is 10.1. The van der Waals surface area contributed by atoms with E-state index in [-0.39, 0.29) is 11.9 Å². The maximum atomic E-state index is 11.9. The quantitative estimate of drug-likeness (QED) is 0.742. The molecule has 1 aromatic carbocycles. The summed E-state index contributed by atoms with van der Waals surface area (Å²) >= 11 is 0. The molecule has 0 radical (unpaired) electrons. The largest absolute Gasteiger partial charge is 0.392 e. The number of aliphatic hydroxyl groups is 1. The Morgan fingerprint density at radius 1 is 1.37 bits per heavy atom. The molecule has 1 aliphatic carbocycles. The fourth-order valence-electron chi connectivity index (χ4n) is 2.96. The van der Waals surface area contributed by atoms with Gasteiger partial charge in [-0.15, -0.1) is 0 Å². The Labute approximate surface area is 113 Å². The second-order valence-corrected chi connectivity index (χ2v) is 5.52. The Bertz CT molecular complexity index is 487. The van der Waals surface area contributed by atoms with Crippen LogP contribution in [0, 0.1) is 0 Å². The third kappa shape index (κ3) is 2.80. The minimum absolute atomic E-state index is 0.0166. The predicted molar refractivity (Wildman–Crippen MR) is 72.7 cm³/mol. The van der Waals surface area contributed by atoms with E-state index in [0.29, 0.717) is 19.5 Å². The molecule has 0 aromatic heterocycles. The zero-order chi connectivity index (χ0) is 13.2. The molecule has 1 aliphatic heterocycles. The van der Waals surface area contributed by atoms with Crippen molar-refractivity contribution in [1.82, 2.24) is 10.6 Å². The van der Waals surface area contributed by atoms with Gasteiger partial charge in [0.25, 0.3) is 0 Å². The number of benzene rings is 1. The minimum Gasteiger partial charge on any atom is -0.392 e. The number of amides is 1. The molecule has 0 bridgehead atoms. The van der Waals surface area contributed by atoms with E-state index in [0.717, 1.165) is 12.0 Å². The van der Waals surface area contributed by atoms with Crippen molar-refractivity contribution in [3.63, 3.8) is 0 Å². The number of rotatable bonds is 3. The average Bonchev–Trinajstić information content (AvgIpc) is 3.03. The van der Waals surface area contributed by atoms with Crippen LogP contribution in [0.2, 0.25) is 0 Å². The van der Waals surface area contributed by atoms with E-state index in [1.54, 1.807) is 0 Å². The molecular weight excluding hydrogens is 240 g/mol. The van der Waals surface area contributed by atoms with Crippen LogP contribution in [0.4, 0.5) is 0 Å². The third-order valence-electron chi connectivity index (χ3n) is 4.05. The van der Waals surface area contributed by atoms with Gasteiger partial charge in [-0.3, -0.25) is 4.79 Å². The van der Waals surface area contributed by atoms with Crippen LogP contribution in [-0.4, -0.2) is 29.7 Å². The van der Waals surface area contributed by atoms with Gasteiger partial charge in [-0.2, -0.15) is 0 Å². The first kappa shape index (κ1) is 12.6. The molecule has 19 heavy (non-hydrogen) atoms. The Balaban J connectivity index is 1.56. The van der Waals surface area contributed by atoms with Crippen LogP contribution in [0.3, 0.4) is 0 Å². The maximum Gasteiger partial charge on any atom is 0.237 e. The molecule has 4 heteroatoms. The summed E-state index contributed by atoms with van der Waals surface area (Å²) in [6, 6.07) is 6.24. The van der Waals surface area contributed by atoms with Crippen molar-refractivity contribution in [2.45, 2.75) is 44.4 Å². The third-order valence-corrected chi connectivity index (χ3v) is 4.05. The minimum atomic E-state index is -0.393. The summed E-state index contributed by atoms with van der Waals surface area (Å²) in [5, 5.41) is 15.4. The fraction of sp³-hybridized carbons (Fsp3) is 0.533. The molecule has 3 N–H and O–H groups in total. The van der Waals surface area contributed by atoms with E-state index < -0.39 is 6.10 Å². The molecular formula is C15H20N2O2. The summed E-state index contributed by atoms with van der Waals surface area (Å²) in [6.07, 6.45) is 3.71. The van der Waals surface area contributed by atoms with E-state index in [1.165, 1.54) is 24.0 Å². The molecule has 0 spiro atoms. The molecule has 1 fully saturated rings. The molecule has 0 unspecified atom stereocenters. The van der Waals surface area contributed by atoms with Gasteiger partial charge in [-0.1, -0.05) is 18.2 Å². The van der Waals surface area contributed by atoms with Crippen molar-refractivity contribution < 1.29 is 9.90 Å². The average molecular weight is 260 g/mol. The first-order chi connectivity index (χ1) is 9.22. The topological polar surface area (TPSA) is 61.4 Å². The number of carbonyl (C=O) groups excluding carboxylic acids is 1. The molecule has 4 nitrogen and oxygen atoms in total. The highest BCUT2D eigenvalue weighted by atomic mass is 16.3. The van der Waals surface area contributed by atoms with E-state index in [4.69, 9.17) is 0 Å². The summed E-state index contributed by atoms with van der Waals surface area (Å²) in [6.45, 7) is 1.08. The Morgan fingerprint density at radius 2 is 2.21 bits per heavy atom. The van der Waals surface area contributed by atoms with E-state index in [1.807, 2.05) is 0 Å². The van der Waals surface area contributed by atoms with Crippen LogP contribution >= 0.6 is 0 Å². The van der Waals surface area contributed by atoms with Crippen LogP contribution in [0.15, 0.2) is 18.2 Å². The molecule has 2 aliphatic rings. The highest BCUT2D eigenvalue weighted by molar-refractivity contribution is 5.82. The zero-order valence-corrected chi connectivity index (χ0v) is 11.0. The first-order valence-electron chi connectivity index (χ1n) is 7.02. The van der Waals surface area contributed by atoms with Gasteiger partial charge in [0.15, 0.2) is 0 Å². The number of carbonyl (C=O) groups is 1. The van der Waals surface area contributed by atoms with Gasteiger partial charge in [-0.05, 0) is 42.4 Å². The normalized spacial score (nSPS) is 25.3. The van der Waals surface area contributed by atoms with Gasteiger partial charge < -0.3 is 15.7 Å². The summed E-state index contributed by atoms with van der Waals surface area (Å²) < 4.78 is 0. The molecule has 2 atom stereocenters. The van der Waals surface area contributed by atoms with Gasteiger partial charge >= 0.3 is 0 Å². The molecule has 0 saturated carbocycles. The van der Waals surface area contributed by atoms with Crippen molar-refractivity contribution in [1.29, 1.82) is 0 Å². The predicted octanol–water partition coefficient (Wildman–Crippen LogP) is 0.514. The number of aliphatic hydroxyl groups excluding tert-OH is 1. The fourth-order valence-corrected chi connectivity index (χ4v) is 2.96. The molecule has 102 valence electrons. The van der Waals surface area contributed by atoms with Crippen LogP contribution in [0.1, 0.15) is 29.5 Å². The standard InChI is InChI=1S/C15H20N2O2/c18-13-7-14(16-9-13)15(19)17-8-10-4-5-11-2-1-3-12(11)6-10/h4-6,13-14,16,18H,1-3,7-9H2,(H,17,19)/t13-,14+/m0/s1. The summed E-state index contributed by atoms with van der Waals surface area (Å²) in [4.78, 5) is 11.9. The van der Waals surface area contributed by atoms with E-state index in [9.17, 15) is 9.90 Å². The van der Waals surface area contributed by atoms with Crippen LogP contribution in [-0.2, 0) is 24.2 Å². The monoisotopic (exact) mass is 260 g/mol. The lowest BCUT2D eigenvalue weighted by Crippen LogP contribution is -2.40. The number of fused-ring (bicyclic) bond motifs is 1. The van der Waals surface area contributed by atoms with Gasteiger partial charge in [0.05, 0.1) is 12.1 Å². The lowest BCUT2D eigenvalue weighted by molar-refractivity contribution is -0.123. The smallest absolute Gasteiger partial charge is 0.237 e. The number of hydrogen-bond acceptors (Lipinski definition) is 3. The van der Waals surface area contributed by atoms with Crippen LogP contribution in [0.25, 0.3) is 0 Å². The van der Waals surface area contributed by atoms with Crippen molar-refractivity contribution in [2.75, 3.05) is 6.54 Å². The highest BCUT2D eigenvalue weighted by Crippen LogP contribution is 2.22. The summed E-state index contributed by atoms with van der Waals surface area (Å²) in [5.74, 6) is -0.0166. The van der Waals surface area contributed by atoms with Crippen molar-refractivity contribution in [2.24, 2.45) is 0 Å². The van der Waals surface area contributed by atoms with Crippen LogP contribution in [0.5, 0.6) is 0 Å². The molecule has 1 aromatic rings. The number of hydrogen-bond donors (Lipinski definition) is 3. The van der Waals surface area contributed by atoms with Crippen molar-refractivity contribution in [3.8, 4) is 0 Å². The molecule has 1 amide bonds. The van der Waals surface area contributed by atoms with Gasteiger partial charge in [0.1, 0.15) is 0 Å². The second-order valence-electron chi connectivity index (χ2n) is 5.52. The lowest BCUT2D eigenvalue weighted by Gasteiger charge is -2.11. The number of nitrogens with one attached hydrogen (secondary N) is 2. The van der Waals surface area contributed by atoms with Gasteiger partial charge in [-0.25, -0.2) is 0 Å². The van der Waals surface area contributed by atoms with Crippen molar-refractivity contribution >= 4 is 5.91 Å². The highest BCUT2D eigenvalue weighted by Gasteiger charge is 2.27. The Kier molecular flexibility index (Phi) is 3.53. The summed E-state index contributed by atoms with van der Waals surface area (Å²) in [7, 11) is 0. The zero-order valence-electron chi connectivity index (χ0n) is 11.0. The van der Waals surface area contributed by atoms with Crippen LogP contribution < -0.4 is 10.6 Å². The SMILES string of the molecule is O=C(NCc1ccc2c(c1)CCC2)[C@H]1C[C@H](O)CN1. The number of aryl methyl sites for hydroxylation is 2. The van der Waals surface area contributed by atoms with Gasteiger partial charge in [0.2, 0.25) is 5.91 Å². The first-order valence-corrected chi connectivity index (χ1v) is 7.02. The molecule has 3 rings (SSSR count). The Morgan fingerprint density at radius 3 is 3.00 bits per heavy atom. The molecule has 1 saturated heterocycles. The maximum absolute atomic E-state index is 11.9. The van der Waals surface area contributed by atoms with E-state index in [2.05, 4.69) is 28.8 Å². The van der Waals surface area contributed by atoms with E-state index >= 15 is 0 Å². The Hall–Kier alpha value is -1.39. The van der Waals surface area contributed by atoms with Gasteiger partial charge in [0, 0.05) is 13.1 Å². The second kappa shape index (κ2) is 5.31. The number of β-amino-alcohol motifs (C(OH)–C–C–N with tert-alkyl or cyclic N) is 1. The van der Waals surface area contributed by atoms with Crippen molar-refractivity contribution in [3.05, 3.63) is 34.9 Å². The summed E-state index contributed by atoms with van der Waals surface area (Å²) in [5.41, 5.74) is 4.05. The molecule has 1 heterocycles.